The normalized spacial score (nSPS) is 18.0. The number of carbonyl (C=O) groups excluding carboxylic acids is 2. The fraction of sp³-hybridized carbons (Fsp3) is 0.400. The summed E-state index contributed by atoms with van der Waals surface area (Å²) < 4.78 is 0. The monoisotopic (exact) mass is 498 g/mol. The number of nitrogens with one attached hydrogen (secondary N) is 4. The molecule has 4 N–H and O–H groups in total. The molecule has 4 heterocycles. The highest BCUT2D eigenvalue weighted by atomic mass is 32.1. The third kappa shape index (κ3) is 5.51. The largest absolute Gasteiger partial charge is 0.348 e. The van der Waals surface area contributed by atoms with Crippen molar-refractivity contribution in [1.82, 2.24) is 40.3 Å². The minimum Gasteiger partial charge on any atom is -0.348 e. The molecule has 0 radical (unpaired) electrons. The number of H-pyrrole nitrogens is 2. The predicted octanol–water partition coefficient (Wildman–Crippen LogP) is 2.64. The molecule has 0 aliphatic heterocycles. The molecule has 1 aliphatic carbocycles. The smallest absolute Gasteiger partial charge is 0.232 e. The van der Waals surface area contributed by atoms with Gasteiger partial charge in [-0.15, -0.1) is 20.4 Å². The summed E-state index contributed by atoms with van der Waals surface area (Å²) in [5.74, 6) is 0.169. The first-order valence-electron chi connectivity index (χ1n) is 10.8. The topological polar surface area (TPSA) is 167 Å². The van der Waals surface area contributed by atoms with Crippen LogP contribution < -0.4 is 10.6 Å². The summed E-state index contributed by atoms with van der Waals surface area (Å²) in [6, 6.07) is 0. The van der Waals surface area contributed by atoms with Crippen LogP contribution in [0.4, 0.5) is 10.3 Å². The second kappa shape index (κ2) is 10.2. The molecular formula is C20H22N10O2S2. The van der Waals surface area contributed by atoms with Gasteiger partial charge in [0, 0.05) is 35.6 Å². The lowest BCUT2D eigenvalue weighted by Gasteiger charge is -2.25. The molecule has 2 amide bonds. The minimum atomic E-state index is -0.163. The lowest BCUT2D eigenvalue weighted by Crippen LogP contribution is -2.14. The highest BCUT2D eigenvalue weighted by molar-refractivity contribution is 7.15. The number of aromatic amines is 2. The van der Waals surface area contributed by atoms with Gasteiger partial charge in [0.05, 0.1) is 25.5 Å². The van der Waals surface area contributed by atoms with Gasteiger partial charge in [-0.1, -0.05) is 29.1 Å². The Balaban J connectivity index is 1.16. The molecule has 0 unspecified atom stereocenters. The van der Waals surface area contributed by atoms with E-state index in [1.807, 2.05) is 0 Å². The number of hydrogen-bond donors (Lipinski definition) is 4. The molecular weight excluding hydrogens is 476 g/mol. The van der Waals surface area contributed by atoms with Crippen LogP contribution in [0.25, 0.3) is 0 Å². The number of hydrogen-bond acceptors (Lipinski definition) is 10. The van der Waals surface area contributed by atoms with Crippen LogP contribution in [0.2, 0.25) is 0 Å². The molecule has 12 nitrogen and oxygen atoms in total. The summed E-state index contributed by atoms with van der Waals surface area (Å²) in [5, 5.41) is 25.4. The number of amides is 2. The Morgan fingerprint density at radius 3 is 1.76 bits per heavy atom. The second-order valence-electron chi connectivity index (χ2n) is 8.05. The van der Waals surface area contributed by atoms with Crippen molar-refractivity contribution in [2.75, 3.05) is 10.6 Å². The number of imidazole rings is 2. The van der Waals surface area contributed by atoms with Crippen molar-refractivity contribution in [3.05, 3.63) is 46.5 Å². The van der Waals surface area contributed by atoms with Crippen molar-refractivity contribution < 1.29 is 9.59 Å². The number of aromatic nitrogens is 8. The molecule has 2 atom stereocenters. The van der Waals surface area contributed by atoms with Gasteiger partial charge in [-0.25, -0.2) is 9.97 Å². The third-order valence-corrected chi connectivity index (χ3v) is 7.56. The van der Waals surface area contributed by atoms with E-state index in [4.69, 9.17) is 0 Å². The molecule has 4 aromatic rings. The van der Waals surface area contributed by atoms with Crippen molar-refractivity contribution in [3.8, 4) is 0 Å². The quantitative estimate of drug-likeness (QED) is 0.287. The molecule has 0 spiro atoms. The van der Waals surface area contributed by atoms with Gasteiger partial charge in [-0.3, -0.25) is 9.59 Å². The Morgan fingerprint density at radius 1 is 0.824 bits per heavy atom. The van der Waals surface area contributed by atoms with Crippen LogP contribution in [0.1, 0.15) is 58.9 Å². The molecule has 34 heavy (non-hydrogen) atoms. The molecule has 5 rings (SSSR count). The summed E-state index contributed by atoms with van der Waals surface area (Å²) in [6.45, 7) is 0. The van der Waals surface area contributed by atoms with Crippen molar-refractivity contribution in [1.29, 1.82) is 0 Å². The maximum Gasteiger partial charge on any atom is 0.232 e. The summed E-state index contributed by atoms with van der Waals surface area (Å²) in [4.78, 5) is 38.1. The SMILES string of the molecule is O=C(Cc1cnc[nH]1)Nc1nnc([C@H]2CCC[C@H](c3nnc(NC(=O)Cc4cnc[nH]4)s3)C2)s1. The van der Waals surface area contributed by atoms with E-state index in [9.17, 15) is 9.59 Å². The summed E-state index contributed by atoms with van der Waals surface area (Å²) in [5.41, 5.74) is 1.48. The Kier molecular flexibility index (Phi) is 6.67. The van der Waals surface area contributed by atoms with E-state index < -0.39 is 0 Å². The van der Waals surface area contributed by atoms with Gasteiger partial charge in [-0.2, -0.15) is 0 Å². The van der Waals surface area contributed by atoms with E-state index in [1.54, 1.807) is 25.0 Å². The molecule has 0 aromatic carbocycles. The number of anilines is 2. The summed E-state index contributed by atoms with van der Waals surface area (Å²) in [7, 11) is 0. The Morgan fingerprint density at radius 2 is 1.32 bits per heavy atom. The van der Waals surface area contributed by atoms with Gasteiger partial charge < -0.3 is 20.6 Å². The Hall–Kier alpha value is -3.52. The molecule has 1 aliphatic rings. The molecule has 1 saturated carbocycles. The van der Waals surface area contributed by atoms with Gasteiger partial charge in [-0.05, 0) is 19.3 Å². The fourth-order valence-corrected chi connectivity index (χ4v) is 5.79. The Labute approximate surface area is 202 Å². The van der Waals surface area contributed by atoms with E-state index in [0.29, 0.717) is 10.3 Å². The van der Waals surface area contributed by atoms with Crippen molar-refractivity contribution in [2.24, 2.45) is 0 Å². The van der Waals surface area contributed by atoms with Crippen molar-refractivity contribution >= 4 is 44.8 Å². The second-order valence-corrected chi connectivity index (χ2v) is 10.1. The highest BCUT2D eigenvalue weighted by Gasteiger charge is 2.29. The zero-order chi connectivity index (χ0) is 23.3. The molecule has 0 saturated heterocycles. The van der Waals surface area contributed by atoms with Gasteiger partial charge >= 0.3 is 0 Å². The van der Waals surface area contributed by atoms with E-state index in [0.717, 1.165) is 47.1 Å². The van der Waals surface area contributed by atoms with Crippen LogP contribution in [-0.4, -0.2) is 52.1 Å². The van der Waals surface area contributed by atoms with Gasteiger partial charge in [0.2, 0.25) is 22.1 Å². The Bertz CT molecular complexity index is 1140. The highest BCUT2D eigenvalue weighted by Crippen LogP contribution is 2.43. The first-order chi connectivity index (χ1) is 16.6. The fourth-order valence-electron chi connectivity index (χ4n) is 3.97. The average molecular weight is 499 g/mol. The van der Waals surface area contributed by atoms with Gasteiger partial charge in [0.15, 0.2) is 0 Å². The predicted molar refractivity (Wildman–Crippen MR) is 126 cm³/mol. The molecule has 14 heteroatoms. The van der Waals surface area contributed by atoms with Crippen LogP contribution in [-0.2, 0) is 22.4 Å². The zero-order valence-corrected chi connectivity index (χ0v) is 19.7. The maximum absolute atomic E-state index is 12.2. The van der Waals surface area contributed by atoms with Crippen LogP contribution in [0, 0.1) is 0 Å². The van der Waals surface area contributed by atoms with Crippen molar-refractivity contribution in [3.63, 3.8) is 0 Å². The van der Waals surface area contributed by atoms with E-state index >= 15 is 0 Å². The lowest BCUT2D eigenvalue weighted by atomic mass is 9.82. The molecule has 4 aromatic heterocycles. The van der Waals surface area contributed by atoms with Crippen LogP contribution in [0.5, 0.6) is 0 Å². The zero-order valence-electron chi connectivity index (χ0n) is 18.0. The van der Waals surface area contributed by atoms with Crippen LogP contribution in [0.3, 0.4) is 0 Å². The first-order valence-corrected chi connectivity index (χ1v) is 12.5. The van der Waals surface area contributed by atoms with Crippen LogP contribution in [0.15, 0.2) is 25.0 Å². The van der Waals surface area contributed by atoms with Gasteiger partial charge in [0.1, 0.15) is 10.0 Å². The average Bonchev–Trinajstić information content (AvgIpc) is 3.63. The molecule has 0 bridgehead atoms. The van der Waals surface area contributed by atoms with Crippen molar-refractivity contribution in [2.45, 2.75) is 50.4 Å². The number of nitrogens with zero attached hydrogens (tertiary/aromatic N) is 6. The standard InChI is InChI=1S/C20H22N10O2S2/c31-15(5-13-7-21-9-23-13)25-19-29-27-17(33-19)11-2-1-3-12(4-11)18-28-30-20(34-18)26-16(32)6-14-8-22-10-24-14/h7-12H,1-6H2,(H,21,23)(H,22,24)(H,25,29,31)(H,26,30,32)/t11-,12-/m0/s1. The molecule has 176 valence electrons. The molecule has 1 fully saturated rings. The van der Waals surface area contributed by atoms with Gasteiger partial charge in [0.25, 0.3) is 0 Å². The van der Waals surface area contributed by atoms with E-state index in [2.05, 4.69) is 51.0 Å². The van der Waals surface area contributed by atoms with Crippen LogP contribution >= 0.6 is 22.7 Å². The first kappa shape index (κ1) is 22.3. The summed E-state index contributed by atoms with van der Waals surface area (Å²) >= 11 is 2.83. The number of rotatable bonds is 8. The number of carbonyl (C=O) groups is 2. The summed E-state index contributed by atoms with van der Waals surface area (Å²) in [6.07, 6.45) is 10.7. The minimum absolute atomic E-state index is 0.163. The van der Waals surface area contributed by atoms with E-state index in [-0.39, 0.29) is 36.5 Å². The van der Waals surface area contributed by atoms with E-state index in [1.165, 1.54) is 22.7 Å². The lowest BCUT2D eigenvalue weighted by molar-refractivity contribution is -0.116. The maximum atomic E-state index is 12.2. The third-order valence-electron chi connectivity index (χ3n) is 5.56.